The minimum atomic E-state index is -0.704. The number of carbonyl (C=O) groups excluding carboxylic acids is 1. The van der Waals surface area contributed by atoms with Gasteiger partial charge in [-0.05, 0) is 30.5 Å². The van der Waals surface area contributed by atoms with Crippen molar-refractivity contribution in [1.29, 1.82) is 0 Å². The first-order chi connectivity index (χ1) is 13.4. The molecule has 0 unspecified atom stereocenters. The van der Waals surface area contributed by atoms with Crippen LogP contribution in [0.3, 0.4) is 0 Å². The Morgan fingerprint density at radius 3 is 2.36 bits per heavy atom. The Morgan fingerprint density at radius 1 is 1.07 bits per heavy atom. The molecule has 2 aromatic carbocycles. The van der Waals surface area contributed by atoms with Crippen LogP contribution >= 0.6 is 0 Å². The van der Waals surface area contributed by atoms with Crippen molar-refractivity contribution in [1.82, 2.24) is 5.43 Å². The lowest BCUT2D eigenvalue weighted by Gasteiger charge is -2.06. The first-order valence-electron chi connectivity index (χ1n) is 8.75. The Morgan fingerprint density at radius 2 is 1.71 bits per heavy atom. The van der Waals surface area contributed by atoms with Gasteiger partial charge in [0.1, 0.15) is 17.1 Å². The van der Waals surface area contributed by atoms with Gasteiger partial charge in [0.15, 0.2) is 0 Å². The van der Waals surface area contributed by atoms with Gasteiger partial charge in [0, 0.05) is 6.07 Å². The maximum absolute atomic E-state index is 12.1. The highest BCUT2D eigenvalue weighted by Gasteiger charge is 2.13. The predicted octanol–water partition coefficient (Wildman–Crippen LogP) is 3.40. The lowest BCUT2D eigenvalue weighted by molar-refractivity contribution is -0.120. The molecule has 1 heterocycles. The molecule has 1 aromatic heterocycles. The van der Waals surface area contributed by atoms with E-state index >= 15 is 0 Å². The summed E-state index contributed by atoms with van der Waals surface area (Å²) in [7, 11) is 0. The number of nitrogens with one attached hydrogen (secondary N) is 1. The fraction of sp³-hybridized carbons (Fsp3) is 0.136. The second-order valence-corrected chi connectivity index (χ2v) is 6.38. The van der Waals surface area contributed by atoms with Crippen molar-refractivity contribution in [2.24, 2.45) is 5.10 Å². The highest BCUT2D eigenvalue weighted by Crippen LogP contribution is 2.19. The first kappa shape index (κ1) is 19.1. The molecule has 6 nitrogen and oxygen atoms in total. The van der Waals surface area contributed by atoms with Crippen molar-refractivity contribution in [2.45, 2.75) is 20.3 Å². The zero-order chi connectivity index (χ0) is 20.1. The molecule has 142 valence electrons. The van der Waals surface area contributed by atoms with E-state index < -0.39 is 5.63 Å². The number of aryl methyl sites for hydroxylation is 1. The van der Waals surface area contributed by atoms with Crippen LogP contribution in [0.1, 0.15) is 23.8 Å². The van der Waals surface area contributed by atoms with Crippen LogP contribution in [0.2, 0.25) is 0 Å². The van der Waals surface area contributed by atoms with Crippen LogP contribution in [0.4, 0.5) is 0 Å². The molecule has 1 amide bonds. The van der Waals surface area contributed by atoms with Gasteiger partial charge in [-0.15, -0.1) is 0 Å². The zero-order valence-corrected chi connectivity index (χ0v) is 15.6. The smallest absolute Gasteiger partial charge is 0.348 e. The average Bonchev–Trinajstić information content (AvgIpc) is 2.67. The molecule has 0 aliphatic heterocycles. The number of amides is 1. The van der Waals surface area contributed by atoms with E-state index in [1.807, 2.05) is 54.6 Å². The van der Waals surface area contributed by atoms with Gasteiger partial charge >= 0.3 is 5.63 Å². The molecule has 2 N–H and O–H groups in total. The molecule has 3 rings (SSSR count). The standard InChI is InChI=1S/C22H20N2O4/c1-14-12-19(25)21(22(27)28-14)15(2)23-24-20(26)13-16-8-10-18(11-9-16)17-6-4-3-5-7-17/h3-12,25H,13H2,1-2H3,(H,24,26). The van der Waals surface area contributed by atoms with Gasteiger partial charge in [0.25, 0.3) is 0 Å². The summed E-state index contributed by atoms with van der Waals surface area (Å²) in [5.41, 5.74) is 4.80. The molecule has 0 fully saturated rings. The van der Waals surface area contributed by atoms with Gasteiger partial charge in [0.05, 0.1) is 12.1 Å². The van der Waals surface area contributed by atoms with Gasteiger partial charge in [0.2, 0.25) is 5.91 Å². The molecule has 6 heteroatoms. The highest BCUT2D eigenvalue weighted by atomic mass is 16.4. The maximum Gasteiger partial charge on any atom is 0.348 e. The van der Waals surface area contributed by atoms with Crippen LogP contribution in [-0.2, 0) is 11.2 Å². The molecule has 0 atom stereocenters. The van der Waals surface area contributed by atoms with E-state index in [1.165, 1.54) is 13.0 Å². The topological polar surface area (TPSA) is 91.9 Å². The van der Waals surface area contributed by atoms with Crippen molar-refractivity contribution in [3.63, 3.8) is 0 Å². The van der Waals surface area contributed by atoms with E-state index in [4.69, 9.17) is 4.42 Å². The molecule has 0 aliphatic rings. The van der Waals surface area contributed by atoms with E-state index in [1.54, 1.807) is 6.92 Å². The summed E-state index contributed by atoms with van der Waals surface area (Å²) in [6.07, 6.45) is 0.139. The Hall–Kier alpha value is -3.67. The van der Waals surface area contributed by atoms with E-state index in [9.17, 15) is 14.7 Å². The van der Waals surface area contributed by atoms with Crippen LogP contribution in [0.25, 0.3) is 11.1 Å². The van der Waals surface area contributed by atoms with Crippen molar-refractivity contribution in [3.8, 4) is 16.9 Å². The summed E-state index contributed by atoms with van der Waals surface area (Å²) in [5.74, 6) is -0.273. The third-order valence-corrected chi connectivity index (χ3v) is 4.19. The molecule has 0 spiro atoms. The Labute approximate surface area is 162 Å². The van der Waals surface area contributed by atoms with Gasteiger partial charge < -0.3 is 9.52 Å². The van der Waals surface area contributed by atoms with Crippen molar-refractivity contribution < 1.29 is 14.3 Å². The molecule has 0 saturated heterocycles. The van der Waals surface area contributed by atoms with Crippen LogP contribution in [0.5, 0.6) is 5.75 Å². The fourth-order valence-corrected chi connectivity index (χ4v) is 2.80. The third kappa shape index (κ3) is 4.54. The number of nitrogens with zero attached hydrogens (tertiary/aromatic N) is 1. The first-order valence-corrected chi connectivity index (χ1v) is 8.75. The van der Waals surface area contributed by atoms with E-state index in [0.717, 1.165) is 16.7 Å². The minimum absolute atomic E-state index is 0.0712. The third-order valence-electron chi connectivity index (χ3n) is 4.19. The SMILES string of the molecule is CC(=NNC(=O)Cc1ccc(-c2ccccc2)cc1)c1c(O)cc(C)oc1=O. The van der Waals surface area contributed by atoms with E-state index in [0.29, 0.717) is 5.76 Å². The van der Waals surface area contributed by atoms with Gasteiger partial charge in [-0.25, -0.2) is 10.2 Å². The Balaban J connectivity index is 1.66. The number of benzene rings is 2. The van der Waals surface area contributed by atoms with Crippen molar-refractivity contribution >= 4 is 11.6 Å². The van der Waals surface area contributed by atoms with E-state index in [2.05, 4.69) is 10.5 Å². The molecular formula is C22H20N2O4. The summed E-state index contributed by atoms with van der Waals surface area (Å²) in [5, 5.41) is 13.8. The summed E-state index contributed by atoms with van der Waals surface area (Å²) >= 11 is 0. The molecule has 0 saturated carbocycles. The molecule has 0 aliphatic carbocycles. The molecular weight excluding hydrogens is 356 g/mol. The molecule has 28 heavy (non-hydrogen) atoms. The van der Waals surface area contributed by atoms with Crippen molar-refractivity contribution in [2.75, 3.05) is 0 Å². The second-order valence-electron chi connectivity index (χ2n) is 6.38. The Bertz CT molecular complexity index is 1070. The largest absolute Gasteiger partial charge is 0.507 e. The monoisotopic (exact) mass is 376 g/mol. The number of hydrogen-bond donors (Lipinski definition) is 2. The fourth-order valence-electron chi connectivity index (χ4n) is 2.80. The Kier molecular flexibility index (Phi) is 5.69. The quantitative estimate of drug-likeness (QED) is 0.527. The summed E-state index contributed by atoms with van der Waals surface area (Å²) < 4.78 is 4.95. The number of hydrogen-bond acceptors (Lipinski definition) is 5. The summed E-state index contributed by atoms with van der Waals surface area (Å²) in [4.78, 5) is 24.0. The minimum Gasteiger partial charge on any atom is -0.507 e. The zero-order valence-electron chi connectivity index (χ0n) is 15.6. The number of aromatic hydroxyl groups is 1. The average molecular weight is 376 g/mol. The van der Waals surface area contributed by atoms with E-state index in [-0.39, 0.29) is 29.4 Å². The lowest BCUT2D eigenvalue weighted by atomic mass is 10.0. The highest BCUT2D eigenvalue weighted by molar-refractivity contribution is 6.01. The van der Waals surface area contributed by atoms with Crippen molar-refractivity contribution in [3.05, 3.63) is 88.0 Å². The molecule has 3 aromatic rings. The second kappa shape index (κ2) is 8.35. The summed E-state index contributed by atoms with van der Waals surface area (Å²) in [6, 6.07) is 19.0. The van der Waals surface area contributed by atoms with Gasteiger partial charge in [-0.2, -0.15) is 5.10 Å². The summed E-state index contributed by atoms with van der Waals surface area (Å²) in [6.45, 7) is 3.07. The molecule has 0 radical (unpaired) electrons. The number of carbonyl (C=O) groups is 1. The van der Waals surface area contributed by atoms with Crippen LogP contribution < -0.4 is 11.1 Å². The van der Waals surface area contributed by atoms with Gasteiger partial charge in [-0.1, -0.05) is 54.6 Å². The predicted molar refractivity (Wildman–Crippen MR) is 107 cm³/mol. The van der Waals surface area contributed by atoms with Gasteiger partial charge in [-0.3, -0.25) is 4.79 Å². The maximum atomic E-state index is 12.1. The molecule has 0 bridgehead atoms. The lowest BCUT2D eigenvalue weighted by Crippen LogP contribution is -2.23. The number of rotatable bonds is 5. The van der Waals surface area contributed by atoms with Crippen LogP contribution in [0.15, 0.2) is 75.0 Å². The van der Waals surface area contributed by atoms with Crippen LogP contribution in [-0.4, -0.2) is 16.7 Å². The van der Waals surface area contributed by atoms with Crippen LogP contribution in [0, 0.1) is 6.92 Å². The number of hydrazone groups is 1. The normalized spacial score (nSPS) is 11.3.